The first kappa shape index (κ1) is 16.1. The number of imidazole rings is 1. The van der Waals surface area contributed by atoms with Gasteiger partial charge in [-0.1, -0.05) is 12.1 Å². The molecule has 5 nitrogen and oxygen atoms in total. The number of aromatic nitrogens is 2. The minimum absolute atomic E-state index is 0.00992. The Hall–Kier alpha value is -2.28. The number of nitrogens with zero attached hydrogens (tertiary/aromatic N) is 3. The van der Waals surface area contributed by atoms with Crippen LogP contribution in [0, 0.1) is 0 Å². The van der Waals surface area contributed by atoms with Crippen molar-refractivity contribution in [1.82, 2.24) is 14.5 Å². The Morgan fingerprint density at radius 1 is 1.36 bits per heavy atom. The zero-order valence-corrected chi connectivity index (χ0v) is 12.4. The number of methoxy groups -OCH3 is 1. The summed E-state index contributed by atoms with van der Waals surface area (Å²) < 4.78 is 31.3. The minimum Gasteiger partial charge on any atom is -0.380 e. The van der Waals surface area contributed by atoms with Crippen LogP contribution in [0.1, 0.15) is 28.3 Å². The van der Waals surface area contributed by atoms with Crippen molar-refractivity contribution < 1.29 is 18.3 Å². The van der Waals surface area contributed by atoms with Gasteiger partial charge in [0.25, 0.3) is 5.91 Å². The Bertz CT molecular complexity index is 626. The Morgan fingerprint density at radius 2 is 2.05 bits per heavy atom. The fourth-order valence-corrected chi connectivity index (χ4v) is 2.06. The third-order valence-electron chi connectivity index (χ3n) is 3.20. The van der Waals surface area contributed by atoms with Gasteiger partial charge in [0, 0.05) is 32.1 Å². The summed E-state index contributed by atoms with van der Waals surface area (Å²) in [6.07, 6.45) is 2.48. The number of halogens is 2. The molecule has 1 heterocycles. The number of carbonyl (C=O) groups is 1. The van der Waals surface area contributed by atoms with Gasteiger partial charge in [-0.2, -0.15) is 8.78 Å². The average molecular weight is 309 g/mol. The summed E-state index contributed by atoms with van der Waals surface area (Å²) >= 11 is 0. The van der Waals surface area contributed by atoms with Crippen molar-refractivity contribution in [2.45, 2.75) is 19.7 Å². The van der Waals surface area contributed by atoms with Crippen molar-refractivity contribution in [2.24, 2.45) is 0 Å². The standard InChI is InChI=1S/C15H17F2N3O2/c1-19(9-13-18-7-8-20(13)15(16)17)14(21)12-5-3-11(4-6-12)10-22-2/h3-8,15H,9-10H2,1-2H3. The molecule has 0 aliphatic carbocycles. The van der Waals surface area contributed by atoms with Crippen LogP contribution in [0.3, 0.4) is 0 Å². The van der Waals surface area contributed by atoms with Gasteiger partial charge in [0.05, 0.1) is 13.2 Å². The van der Waals surface area contributed by atoms with Crippen LogP contribution in [0.2, 0.25) is 0 Å². The van der Waals surface area contributed by atoms with Gasteiger partial charge in [-0.15, -0.1) is 0 Å². The first-order valence-corrected chi connectivity index (χ1v) is 6.66. The maximum atomic E-state index is 12.8. The molecule has 0 saturated carbocycles. The number of benzene rings is 1. The molecule has 2 aromatic rings. The van der Waals surface area contributed by atoms with E-state index in [0.29, 0.717) is 12.2 Å². The van der Waals surface area contributed by atoms with Crippen molar-refractivity contribution in [3.8, 4) is 0 Å². The highest BCUT2D eigenvalue weighted by Gasteiger charge is 2.17. The van der Waals surface area contributed by atoms with Crippen LogP contribution in [-0.4, -0.2) is 34.5 Å². The van der Waals surface area contributed by atoms with Crippen molar-refractivity contribution in [3.63, 3.8) is 0 Å². The number of carbonyl (C=O) groups excluding carboxylic acids is 1. The third kappa shape index (κ3) is 3.67. The molecule has 0 N–H and O–H groups in total. The van der Waals surface area contributed by atoms with E-state index in [2.05, 4.69) is 4.98 Å². The van der Waals surface area contributed by atoms with Crippen LogP contribution in [0.5, 0.6) is 0 Å². The fraction of sp³-hybridized carbons (Fsp3) is 0.333. The van der Waals surface area contributed by atoms with Crippen LogP contribution >= 0.6 is 0 Å². The molecule has 0 unspecified atom stereocenters. The summed E-state index contributed by atoms with van der Waals surface area (Å²) in [6.45, 7) is -2.19. The monoisotopic (exact) mass is 309 g/mol. The second kappa shape index (κ2) is 7.13. The molecule has 0 fully saturated rings. The summed E-state index contributed by atoms with van der Waals surface area (Å²) in [5, 5.41) is 0. The maximum Gasteiger partial charge on any atom is 0.319 e. The highest BCUT2D eigenvalue weighted by atomic mass is 19.3. The van der Waals surface area contributed by atoms with Crippen LogP contribution in [-0.2, 0) is 17.9 Å². The molecular formula is C15H17F2N3O2. The predicted octanol–water partition coefficient (Wildman–Crippen LogP) is 2.70. The molecule has 1 aromatic carbocycles. The van der Waals surface area contributed by atoms with Crippen molar-refractivity contribution in [1.29, 1.82) is 0 Å². The summed E-state index contributed by atoms with van der Waals surface area (Å²) in [5.41, 5.74) is 1.44. The van der Waals surface area contributed by atoms with Crippen LogP contribution in [0.4, 0.5) is 8.78 Å². The Morgan fingerprint density at radius 3 is 2.64 bits per heavy atom. The van der Waals surface area contributed by atoms with Crippen molar-refractivity contribution >= 4 is 5.91 Å². The molecule has 0 bridgehead atoms. The number of alkyl halides is 2. The summed E-state index contributed by atoms with van der Waals surface area (Å²) in [5.74, 6) is -0.116. The second-order valence-electron chi connectivity index (χ2n) is 4.82. The molecule has 0 aliphatic heterocycles. The van der Waals surface area contributed by atoms with Gasteiger partial charge in [0.15, 0.2) is 0 Å². The number of hydrogen-bond donors (Lipinski definition) is 0. The van der Waals surface area contributed by atoms with E-state index in [4.69, 9.17) is 4.74 Å². The number of ether oxygens (including phenoxy) is 1. The lowest BCUT2D eigenvalue weighted by molar-refractivity contribution is 0.0612. The average Bonchev–Trinajstić information content (AvgIpc) is 2.96. The smallest absolute Gasteiger partial charge is 0.319 e. The molecule has 7 heteroatoms. The lowest BCUT2D eigenvalue weighted by Gasteiger charge is -2.17. The summed E-state index contributed by atoms with van der Waals surface area (Å²) in [7, 11) is 3.15. The lowest BCUT2D eigenvalue weighted by atomic mass is 10.1. The highest BCUT2D eigenvalue weighted by Crippen LogP contribution is 2.15. The van der Waals surface area contributed by atoms with Gasteiger partial charge in [0.1, 0.15) is 5.82 Å². The molecular weight excluding hydrogens is 292 g/mol. The van der Waals surface area contributed by atoms with E-state index in [-0.39, 0.29) is 18.3 Å². The predicted molar refractivity (Wildman–Crippen MR) is 76.4 cm³/mol. The molecule has 0 aliphatic rings. The van der Waals surface area contributed by atoms with E-state index in [9.17, 15) is 13.6 Å². The zero-order valence-electron chi connectivity index (χ0n) is 12.4. The van der Waals surface area contributed by atoms with E-state index in [1.165, 1.54) is 17.3 Å². The third-order valence-corrected chi connectivity index (χ3v) is 3.20. The quantitative estimate of drug-likeness (QED) is 0.824. The van der Waals surface area contributed by atoms with Gasteiger partial charge >= 0.3 is 6.55 Å². The van der Waals surface area contributed by atoms with E-state index in [0.717, 1.165) is 10.1 Å². The molecule has 1 aromatic heterocycles. The number of hydrogen-bond acceptors (Lipinski definition) is 3. The van der Waals surface area contributed by atoms with Gasteiger partial charge in [-0.05, 0) is 17.7 Å². The van der Waals surface area contributed by atoms with Crippen LogP contribution < -0.4 is 0 Å². The van der Waals surface area contributed by atoms with Gasteiger partial charge in [-0.3, -0.25) is 9.36 Å². The lowest BCUT2D eigenvalue weighted by Crippen LogP contribution is -2.27. The Kier molecular flexibility index (Phi) is 5.21. The zero-order chi connectivity index (χ0) is 16.1. The van der Waals surface area contributed by atoms with Gasteiger partial charge in [-0.25, -0.2) is 4.98 Å². The molecule has 0 spiro atoms. The number of amides is 1. The second-order valence-corrected chi connectivity index (χ2v) is 4.82. The highest BCUT2D eigenvalue weighted by molar-refractivity contribution is 5.94. The maximum absolute atomic E-state index is 12.8. The molecule has 118 valence electrons. The molecule has 0 saturated heterocycles. The Balaban J connectivity index is 2.07. The normalized spacial score (nSPS) is 11.0. The van der Waals surface area contributed by atoms with E-state index >= 15 is 0 Å². The van der Waals surface area contributed by atoms with Crippen LogP contribution in [0.15, 0.2) is 36.7 Å². The first-order chi connectivity index (χ1) is 10.5. The summed E-state index contributed by atoms with van der Waals surface area (Å²) in [4.78, 5) is 17.5. The van der Waals surface area contributed by atoms with Crippen molar-refractivity contribution in [2.75, 3.05) is 14.2 Å². The Labute approximate surface area is 127 Å². The molecule has 2 rings (SSSR count). The molecule has 0 atom stereocenters. The topological polar surface area (TPSA) is 47.4 Å². The molecule has 22 heavy (non-hydrogen) atoms. The van der Waals surface area contributed by atoms with Gasteiger partial charge in [0.2, 0.25) is 0 Å². The molecule has 0 radical (unpaired) electrons. The number of rotatable bonds is 6. The van der Waals surface area contributed by atoms with Gasteiger partial charge < -0.3 is 9.64 Å². The van der Waals surface area contributed by atoms with E-state index in [1.54, 1.807) is 38.4 Å². The summed E-state index contributed by atoms with van der Waals surface area (Å²) in [6, 6.07) is 6.97. The van der Waals surface area contributed by atoms with E-state index < -0.39 is 6.55 Å². The SMILES string of the molecule is COCc1ccc(C(=O)N(C)Cc2nccn2C(F)F)cc1. The largest absolute Gasteiger partial charge is 0.380 e. The van der Waals surface area contributed by atoms with Crippen molar-refractivity contribution in [3.05, 3.63) is 53.6 Å². The minimum atomic E-state index is -2.67. The van der Waals surface area contributed by atoms with Crippen LogP contribution in [0.25, 0.3) is 0 Å². The molecule has 1 amide bonds. The first-order valence-electron chi connectivity index (χ1n) is 6.66. The fourth-order valence-electron chi connectivity index (χ4n) is 2.06. The van der Waals surface area contributed by atoms with E-state index in [1.807, 2.05) is 0 Å².